The molecule has 0 saturated heterocycles. The summed E-state index contributed by atoms with van der Waals surface area (Å²) < 4.78 is 0. The summed E-state index contributed by atoms with van der Waals surface area (Å²) in [5, 5.41) is 2.87. The number of hydrogen-bond donors (Lipinski definition) is 3. The third-order valence-corrected chi connectivity index (χ3v) is 3.69. The van der Waals surface area contributed by atoms with Gasteiger partial charge in [-0.3, -0.25) is 14.6 Å². The van der Waals surface area contributed by atoms with Gasteiger partial charge in [0.2, 0.25) is 5.91 Å². The third-order valence-electron chi connectivity index (χ3n) is 3.69. The number of amides is 1. The van der Waals surface area contributed by atoms with Gasteiger partial charge in [-0.25, -0.2) is 4.79 Å². The van der Waals surface area contributed by atoms with Gasteiger partial charge in [-0.1, -0.05) is 6.92 Å². The summed E-state index contributed by atoms with van der Waals surface area (Å²) in [6.07, 6.45) is 1.78. The summed E-state index contributed by atoms with van der Waals surface area (Å²) >= 11 is 0. The highest BCUT2D eigenvalue weighted by Gasteiger charge is 2.32. The van der Waals surface area contributed by atoms with Gasteiger partial charge in [0.1, 0.15) is 0 Å². The fourth-order valence-corrected chi connectivity index (χ4v) is 2.18. The predicted molar refractivity (Wildman–Crippen MR) is 71.0 cm³/mol. The average molecular weight is 265 g/mol. The van der Waals surface area contributed by atoms with Gasteiger partial charge in [0.25, 0.3) is 5.56 Å². The molecule has 1 aliphatic carbocycles. The SMILES string of the molecule is Cc1[nH]c(=O)[nH]c(=O)c1CCC(=O)NC[C@H]1C[C@H]1C. The summed E-state index contributed by atoms with van der Waals surface area (Å²) in [6.45, 7) is 4.55. The third kappa shape index (κ3) is 3.56. The molecule has 3 N–H and O–H groups in total. The largest absolute Gasteiger partial charge is 0.356 e. The lowest BCUT2D eigenvalue weighted by Gasteiger charge is -2.05. The van der Waals surface area contributed by atoms with E-state index in [1.54, 1.807) is 6.92 Å². The fourth-order valence-electron chi connectivity index (χ4n) is 2.18. The summed E-state index contributed by atoms with van der Waals surface area (Å²) in [6, 6.07) is 0. The zero-order valence-corrected chi connectivity index (χ0v) is 11.2. The van der Waals surface area contributed by atoms with E-state index in [0.29, 0.717) is 29.5 Å². The van der Waals surface area contributed by atoms with Crippen molar-refractivity contribution in [2.45, 2.75) is 33.1 Å². The van der Waals surface area contributed by atoms with Crippen molar-refractivity contribution >= 4 is 5.91 Å². The van der Waals surface area contributed by atoms with Crippen molar-refractivity contribution < 1.29 is 4.79 Å². The van der Waals surface area contributed by atoms with E-state index < -0.39 is 11.2 Å². The quantitative estimate of drug-likeness (QED) is 0.703. The van der Waals surface area contributed by atoms with Crippen LogP contribution in [0.3, 0.4) is 0 Å². The Labute approximate surface area is 110 Å². The first-order valence-electron chi connectivity index (χ1n) is 6.56. The minimum absolute atomic E-state index is 0.0518. The van der Waals surface area contributed by atoms with Gasteiger partial charge in [0.05, 0.1) is 0 Å². The lowest BCUT2D eigenvalue weighted by molar-refractivity contribution is -0.121. The topological polar surface area (TPSA) is 94.8 Å². The van der Waals surface area contributed by atoms with Gasteiger partial charge in [-0.2, -0.15) is 0 Å². The molecule has 1 heterocycles. The molecule has 104 valence electrons. The molecule has 1 amide bonds. The van der Waals surface area contributed by atoms with E-state index in [4.69, 9.17) is 0 Å². The van der Waals surface area contributed by atoms with Crippen LogP contribution >= 0.6 is 0 Å². The molecule has 1 aromatic heterocycles. The number of aromatic amines is 2. The average Bonchev–Trinajstić information content (AvgIpc) is 3.01. The molecule has 1 fully saturated rings. The minimum Gasteiger partial charge on any atom is -0.356 e. The highest BCUT2D eigenvalue weighted by Crippen LogP contribution is 2.36. The Balaban J connectivity index is 1.86. The van der Waals surface area contributed by atoms with E-state index in [1.807, 2.05) is 0 Å². The van der Waals surface area contributed by atoms with Gasteiger partial charge in [0, 0.05) is 24.2 Å². The summed E-state index contributed by atoms with van der Waals surface area (Å²) in [7, 11) is 0. The molecule has 6 heteroatoms. The maximum atomic E-state index is 11.6. The Bertz CT molecular complexity index is 588. The molecular weight excluding hydrogens is 246 g/mol. The Morgan fingerprint density at radius 3 is 2.63 bits per heavy atom. The van der Waals surface area contributed by atoms with Crippen LogP contribution < -0.4 is 16.6 Å². The first kappa shape index (κ1) is 13.6. The molecule has 1 saturated carbocycles. The summed E-state index contributed by atoms with van der Waals surface area (Å²) in [5.74, 6) is 1.27. The zero-order valence-electron chi connectivity index (χ0n) is 11.2. The van der Waals surface area contributed by atoms with Gasteiger partial charge in [0.15, 0.2) is 0 Å². The standard InChI is InChI=1S/C13H19N3O3/c1-7-5-9(7)6-14-11(17)4-3-10-8(2)15-13(19)16-12(10)18/h7,9H,3-6H2,1-2H3,(H,14,17)(H2,15,16,18,19)/t7-,9-/m1/s1. The number of rotatable bonds is 5. The van der Waals surface area contributed by atoms with Crippen molar-refractivity contribution in [1.29, 1.82) is 0 Å². The molecule has 2 rings (SSSR count). The van der Waals surface area contributed by atoms with Crippen molar-refractivity contribution in [3.63, 3.8) is 0 Å². The van der Waals surface area contributed by atoms with Crippen LogP contribution in [0, 0.1) is 18.8 Å². The monoisotopic (exact) mass is 265 g/mol. The van der Waals surface area contributed by atoms with Gasteiger partial charge in [-0.05, 0) is 31.6 Å². The molecule has 0 aliphatic heterocycles. The summed E-state index contributed by atoms with van der Waals surface area (Å²) in [4.78, 5) is 39.0. The van der Waals surface area contributed by atoms with Crippen LogP contribution in [0.2, 0.25) is 0 Å². The number of nitrogens with one attached hydrogen (secondary N) is 3. The zero-order chi connectivity index (χ0) is 14.0. The van der Waals surface area contributed by atoms with Crippen LogP contribution in [0.4, 0.5) is 0 Å². The molecule has 0 aromatic carbocycles. The van der Waals surface area contributed by atoms with Crippen LogP contribution in [0.25, 0.3) is 0 Å². The Kier molecular flexibility index (Phi) is 3.87. The van der Waals surface area contributed by atoms with Crippen molar-refractivity contribution in [1.82, 2.24) is 15.3 Å². The second-order valence-corrected chi connectivity index (χ2v) is 5.29. The van der Waals surface area contributed by atoms with E-state index in [0.717, 1.165) is 6.54 Å². The second kappa shape index (κ2) is 5.42. The molecule has 0 spiro atoms. The maximum absolute atomic E-state index is 11.6. The van der Waals surface area contributed by atoms with Gasteiger partial charge < -0.3 is 10.3 Å². The smallest absolute Gasteiger partial charge is 0.325 e. The normalized spacial score (nSPS) is 21.2. The van der Waals surface area contributed by atoms with Crippen LogP contribution in [0.5, 0.6) is 0 Å². The van der Waals surface area contributed by atoms with Gasteiger partial charge >= 0.3 is 5.69 Å². The molecule has 0 unspecified atom stereocenters. The van der Waals surface area contributed by atoms with Gasteiger partial charge in [-0.15, -0.1) is 0 Å². The number of aromatic nitrogens is 2. The highest BCUT2D eigenvalue weighted by molar-refractivity contribution is 5.76. The molecule has 6 nitrogen and oxygen atoms in total. The number of hydrogen-bond acceptors (Lipinski definition) is 3. The maximum Gasteiger partial charge on any atom is 0.325 e. The summed E-state index contributed by atoms with van der Waals surface area (Å²) in [5.41, 5.74) is 0.0650. The van der Waals surface area contributed by atoms with E-state index in [-0.39, 0.29) is 12.3 Å². The molecule has 0 bridgehead atoms. The lowest BCUT2D eigenvalue weighted by Crippen LogP contribution is -2.30. The van der Waals surface area contributed by atoms with Crippen LogP contribution in [0.1, 0.15) is 31.0 Å². The fraction of sp³-hybridized carbons (Fsp3) is 0.615. The first-order chi connectivity index (χ1) is 8.97. The van der Waals surface area contributed by atoms with Crippen LogP contribution in [-0.2, 0) is 11.2 Å². The molecule has 19 heavy (non-hydrogen) atoms. The van der Waals surface area contributed by atoms with Crippen molar-refractivity contribution in [2.75, 3.05) is 6.54 Å². The number of carbonyl (C=O) groups excluding carboxylic acids is 1. The molecule has 2 atom stereocenters. The number of aryl methyl sites for hydroxylation is 1. The second-order valence-electron chi connectivity index (χ2n) is 5.29. The molecule has 1 aliphatic rings. The number of H-pyrrole nitrogens is 2. The Morgan fingerprint density at radius 2 is 2.05 bits per heavy atom. The Hall–Kier alpha value is -1.85. The molecule has 1 aromatic rings. The van der Waals surface area contributed by atoms with Crippen molar-refractivity contribution in [2.24, 2.45) is 11.8 Å². The van der Waals surface area contributed by atoms with Crippen molar-refractivity contribution in [3.8, 4) is 0 Å². The van der Waals surface area contributed by atoms with E-state index in [1.165, 1.54) is 6.42 Å². The van der Waals surface area contributed by atoms with E-state index >= 15 is 0 Å². The van der Waals surface area contributed by atoms with E-state index in [2.05, 4.69) is 22.2 Å². The van der Waals surface area contributed by atoms with E-state index in [9.17, 15) is 14.4 Å². The van der Waals surface area contributed by atoms with Crippen LogP contribution in [-0.4, -0.2) is 22.4 Å². The number of carbonyl (C=O) groups is 1. The molecule has 0 radical (unpaired) electrons. The first-order valence-corrected chi connectivity index (χ1v) is 6.56. The lowest BCUT2D eigenvalue weighted by atomic mass is 10.1. The Morgan fingerprint density at radius 1 is 1.37 bits per heavy atom. The van der Waals surface area contributed by atoms with Crippen LogP contribution in [0.15, 0.2) is 9.59 Å². The molecular formula is C13H19N3O3. The highest BCUT2D eigenvalue weighted by atomic mass is 16.2. The van der Waals surface area contributed by atoms with Crippen molar-refractivity contribution in [3.05, 3.63) is 32.1 Å². The minimum atomic E-state index is -0.515. The predicted octanol–water partition coefficient (Wildman–Crippen LogP) is 0.0764.